The minimum atomic E-state index is -0.253. The fourth-order valence-corrected chi connectivity index (χ4v) is 8.94. The Bertz CT molecular complexity index is 768. The van der Waals surface area contributed by atoms with Crippen LogP contribution in [0.3, 0.4) is 0 Å². The quantitative estimate of drug-likeness (QED) is 0.458. The molecule has 0 spiro atoms. The number of ketones is 1. The van der Waals surface area contributed by atoms with Crippen LogP contribution in [0.1, 0.15) is 93.4 Å². The molecule has 4 unspecified atom stereocenters. The number of allylic oxidation sites excluding steroid dienone is 3. The van der Waals surface area contributed by atoms with Gasteiger partial charge in [0.2, 0.25) is 0 Å². The van der Waals surface area contributed by atoms with Crippen LogP contribution in [-0.2, 0) is 4.79 Å². The first-order chi connectivity index (χ1) is 15.0. The van der Waals surface area contributed by atoms with Crippen molar-refractivity contribution in [3.63, 3.8) is 0 Å². The predicted molar refractivity (Wildman–Crippen MR) is 133 cm³/mol. The molecular formula is C30H48O2. The van der Waals surface area contributed by atoms with Crippen molar-refractivity contribution in [2.75, 3.05) is 0 Å². The van der Waals surface area contributed by atoms with E-state index in [1.165, 1.54) is 31.3 Å². The Balaban J connectivity index is 1.57. The molecule has 0 aromatic rings. The zero-order valence-corrected chi connectivity index (χ0v) is 21.7. The first-order valence-corrected chi connectivity index (χ1v) is 13.6. The van der Waals surface area contributed by atoms with Gasteiger partial charge in [-0.05, 0) is 103 Å². The average Bonchev–Trinajstić information content (AvgIpc) is 3.06. The maximum absolute atomic E-state index is 13.5. The van der Waals surface area contributed by atoms with E-state index in [9.17, 15) is 9.90 Å². The Labute approximate surface area is 197 Å². The molecule has 0 heterocycles. The molecule has 0 amide bonds. The fraction of sp³-hybridized carbons (Fsp3) is 0.833. The SMILES string of the molecule is CC(C)C(/C=C/C(C)[C@H]1CCC2C3C(=O)C=C4C[C@@H](O)CC[C@]4(C)C3CC[C@@]21C)C(C)C. The second-order valence-electron chi connectivity index (χ2n) is 13.2. The topological polar surface area (TPSA) is 37.3 Å². The Kier molecular flexibility index (Phi) is 6.60. The van der Waals surface area contributed by atoms with Crippen LogP contribution < -0.4 is 0 Å². The highest BCUT2D eigenvalue weighted by atomic mass is 16.3. The smallest absolute Gasteiger partial charge is 0.159 e. The van der Waals surface area contributed by atoms with Crippen molar-refractivity contribution in [1.82, 2.24) is 0 Å². The fourth-order valence-electron chi connectivity index (χ4n) is 8.94. The summed E-state index contributed by atoms with van der Waals surface area (Å²) in [6, 6.07) is 0. The zero-order valence-electron chi connectivity index (χ0n) is 21.7. The standard InChI is InChI=1S/C30H48O2/c1-18(2)23(19(3)4)9-8-20(5)24-10-11-25-28-26(13-15-30(24,25)7)29(6)14-12-22(31)16-21(29)17-27(28)32/h8-9,17-20,22-26,28,31H,10-16H2,1-7H3/b9-8+/t20?,22-,24+,25?,26?,28?,29-,30+/m0/s1. The summed E-state index contributed by atoms with van der Waals surface area (Å²) in [7, 11) is 0. The molecule has 2 nitrogen and oxygen atoms in total. The number of carbonyl (C=O) groups excluding carboxylic acids is 1. The van der Waals surface area contributed by atoms with Gasteiger partial charge in [-0.15, -0.1) is 0 Å². The molecule has 1 N–H and O–H groups in total. The van der Waals surface area contributed by atoms with Crippen LogP contribution in [0.4, 0.5) is 0 Å². The lowest BCUT2D eigenvalue weighted by Gasteiger charge is -2.57. The highest BCUT2D eigenvalue weighted by molar-refractivity contribution is 5.94. The molecule has 3 fully saturated rings. The van der Waals surface area contributed by atoms with E-state index in [2.05, 4.69) is 60.6 Å². The van der Waals surface area contributed by atoms with E-state index in [1.54, 1.807) is 0 Å². The Morgan fingerprint density at radius 1 is 0.938 bits per heavy atom. The summed E-state index contributed by atoms with van der Waals surface area (Å²) in [5.41, 5.74) is 1.66. The molecule has 0 saturated heterocycles. The summed E-state index contributed by atoms with van der Waals surface area (Å²) in [5.74, 6) is 4.86. The molecule has 0 aliphatic heterocycles. The van der Waals surface area contributed by atoms with E-state index >= 15 is 0 Å². The molecule has 4 aliphatic carbocycles. The van der Waals surface area contributed by atoms with Crippen molar-refractivity contribution in [3.8, 4) is 0 Å². The van der Waals surface area contributed by atoms with Gasteiger partial charge in [0, 0.05) is 5.92 Å². The number of aliphatic hydroxyl groups is 1. The summed E-state index contributed by atoms with van der Waals surface area (Å²) in [6.45, 7) is 16.7. The van der Waals surface area contributed by atoms with Crippen LogP contribution in [0.15, 0.2) is 23.8 Å². The minimum Gasteiger partial charge on any atom is -0.393 e. The van der Waals surface area contributed by atoms with Crippen molar-refractivity contribution in [2.24, 2.45) is 58.2 Å². The highest BCUT2D eigenvalue weighted by Crippen LogP contribution is 2.66. The van der Waals surface area contributed by atoms with Crippen LogP contribution >= 0.6 is 0 Å². The Morgan fingerprint density at radius 2 is 1.62 bits per heavy atom. The van der Waals surface area contributed by atoms with Gasteiger partial charge in [-0.1, -0.05) is 66.2 Å². The number of rotatable bonds is 5. The average molecular weight is 441 g/mol. The minimum absolute atomic E-state index is 0.129. The lowest BCUT2D eigenvalue weighted by Crippen LogP contribution is -2.53. The molecule has 0 radical (unpaired) electrons. The van der Waals surface area contributed by atoms with Gasteiger partial charge >= 0.3 is 0 Å². The third-order valence-electron chi connectivity index (χ3n) is 10.8. The number of hydrogen-bond acceptors (Lipinski definition) is 2. The highest BCUT2D eigenvalue weighted by Gasteiger charge is 2.61. The van der Waals surface area contributed by atoms with Crippen LogP contribution in [0, 0.1) is 58.2 Å². The van der Waals surface area contributed by atoms with E-state index in [0.717, 1.165) is 12.8 Å². The predicted octanol–water partition coefficient (Wildman–Crippen LogP) is 7.23. The van der Waals surface area contributed by atoms with Crippen LogP contribution in [0.25, 0.3) is 0 Å². The first kappa shape index (κ1) is 24.2. The van der Waals surface area contributed by atoms with Crippen molar-refractivity contribution in [1.29, 1.82) is 0 Å². The van der Waals surface area contributed by atoms with Crippen molar-refractivity contribution < 1.29 is 9.90 Å². The Morgan fingerprint density at radius 3 is 2.28 bits per heavy atom. The molecule has 0 aromatic carbocycles. The van der Waals surface area contributed by atoms with Gasteiger partial charge in [0.25, 0.3) is 0 Å². The van der Waals surface area contributed by atoms with Crippen molar-refractivity contribution in [2.45, 2.75) is 99.5 Å². The normalized spacial score (nSPS) is 42.9. The van der Waals surface area contributed by atoms with Crippen LogP contribution in [-0.4, -0.2) is 17.0 Å². The molecule has 180 valence electrons. The number of carbonyl (C=O) groups is 1. The van der Waals surface area contributed by atoms with E-state index < -0.39 is 0 Å². The molecule has 3 saturated carbocycles. The van der Waals surface area contributed by atoms with Crippen molar-refractivity contribution >= 4 is 5.78 Å². The van der Waals surface area contributed by atoms with Crippen molar-refractivity contribution in [3.05, 3.63) is 23.8 Å². The largest absolute Gasteiger partial charge is 0.393 e. The van der Waals surface area contributed by atoms with Crippen LogP contribution in [0.5, 0.6) is 0 Å². The van der Waals surface area contributed by atoms with Gasteiger partial charge < -0.3 is 5.11 Å². The monoisotopic (exact) mass is 440 g/mol. The molecule has 0 aromatic heterocycles. The summed E-state index contributed by atoms with van der Waals surface area (Å²) in [4.78, 5) is 13.5. The third kappa shape index (κ3) is 3.87. The molecule has 32 heavy (non-hydrogen) atoms. The summed E-state index contributed by atoms with van der Waals surface area (Å²) < 4.78 is 0. The summed E-state index contributed by atoms with van der Waals surface area (Å²) in [5, 5.41) is 10.2. The number of aliphatic hydroxyl groups excluding tert-OH is 1. The van der Waals surface area contributed by atoms with Gasteiger partial charge in [0.05, 0.1) is 6.10 Å². The van der Waals surface area contributed by atoms with Gasteiger partial charge in [-0.25, -0.2) is 0 Å². The van der Waals surface area contributed by atoms with Gasteiger partial charge in [-0.3, -0.25) is 4.79 Å². The second-order valence-corrected chi connectivity index (χ2v) is 13.2. The van der Waals surface area contributed by atoms with E-state index in [-0.39, 0.29) is 22.9 Å². The van der Waals surface area contributed by atoms with E-state index in [1.807, 2.05) is 6.08 Å². The maximum Gasteiger partial charge on any atom is 0.159 e. The second kappa shape index (κ2) is 8.71. The number of fused-ring (bicyclic) bond motifs is 5. The van der Waals surface area contributed by atoms with E-state index in [0.29, 0.717) is 53.6 Å². The van der Waals surface area contributed by atoms with Gasteiger partial charge in [0.1, 0.15) is 0 Å². The molecule has 4 aliphatic rings. The molecule has 4 rings (SSSR count). The Hall–Kier alpha value is -0.890. The maximum atomic E-state index is 13.5. The molecule has 8 atom stereocenters. The van der Waals surface area contributed by atoms with Crippen LogP contribution in [0.2, 0.25) is 0 Å². The lowest BCUT2D eigenvalue weighted by atomic mass is 9.46. The third-order valence-corrected chi connectivity index (χ3v) is 10.8. The van der Waals surface area contributed by atoms with Gasteiger partial charge in [0.15, 0.2) is 5.78 Å². The lowest BCUT2D eigenvalue weighted by molar-refractivity contribution is -0.134. The zero-order chi connectivity index (χ0) is 23.4. The van der Waals surface area contributed by atoms with Gasteiger partial charge in [-0.2, -0.15) is 0 Å². The summed E-state index contributed by atoms with van der Waals surface area (Å²) >= 11 is 0. The molecular weight excluding hydrogens is 392 g/mol. The first-order valence-electron chi connectivity index (χ1n) is 13.6. The van der Waals surface area contributed by atoms with E-state index in [4.69, 9.17) is 0 Å². The number of hydrogen-bond donors (Lipinski definition) is 1. The molecule has 0 bridgehead atoms. The summed E-state index contributed by atoms with van der Waals surface area (Å²) in [6.07, 6.45) is 14.4. The molecule has 2 heteroatoms.